The number of fused-ring (bicyclic) bond motifs is 2. The molecule has 190 valence electrons. The molecule has 1 atom stereocenters. The molecule has 7 nitrogen and oxygen atoms in total. The van der Waals surface area contributed by atoms with Crippen LogP contribution in [0.4, 0.5) is 0 Å². The molecule has 1 N–H and O–H groups in total. The number of esters is 1. The first-order valence-electron chi connectivity index (χ1n) is 12.6. The maximum atomic E-state index is 13.9. The van der Waals surface area contributed by atoms with Gasteiger partial charge in [-0.3, -0.25) is 14.4 Å². The van der Waals surface area contributed by atoms with Crippen LogP contribution in [-0.2, 0) is 24.3 Å². The summed E-state index contributed by atoms with van der Waals surface area (Å²) in [5, 5.41) is 10.4. The largest absolute Gasteiger partial charge is 0.508 e. The number of phenols is 1. The molecule has 7 heteroatoms. The van der Waals surface area contributed by atoms with Gasteiger partial charge in [-0.25, -0.2) is 0 Å². The van der Waals surface area contributed by atoms with Crippen molar-refractivity contribution in [1.82, 2.24) is 9.13 Å². The van der Waals surface area contributed by atoms with E-state index in [1.165, 1.54) is 0 Å². The van der Waals surface area contributed by atoms with E-state index in [4.69, 9.17) is 4.74 Å². The zero-order valence-corrected chi connectivity index (χ0v) is 21.2. The summed E-state index contributed by atoms with van der Waals surface area (Å²) in [6.07, 6.45) is 0.514. The second kappa shape index (κ2) is 9.73. The number of ether oxygens (including phenoxy) is 1. The Balaban J connectivity index is 1.64. The molecule has 1 aliphatic heterocycles. The molecule has 2 aromatic carbocycles. The Morgan fingerprint density at radius 1 is 0.973 bits per heavy atom. The fraction of sp³-hybridized carbons (Fsp3) is 0.300. The van der Waals surface area contributed by atoms with Gasteiger partial charge in [0.2, 0.25) is 0 Å². The van der Waals surface area contributed by atoms with E-state index in [1.807, 2.05) is 49.4 Å². The van der Waals surface area contributed by atoms with E-state index in [1.54, 1.807) is 27.3 Å². The highest BCUT2D eigenvalue weighted by Crippen LogP contribution is 2.36. The van der Waals surface area contributed by atoms with E-state index in [-0.39, 0.29) is 35.0 Å². The smallest absolute Gasteiger partial charge is 0.312 e. The van der Waals surface area contributed by atoms with Gasteiger partial charge in [0, 0.05) is 36.3 Å². The Morgan fingerprint density at radius 3 is 2.43 bits per heavy atom. The van der Waals surface area contributed by atoms with E-state index in [0.29, 0.717) is 36.3 Å². The predicted molar refractivity (Wildman–Crippen MR) is 142 cm³/mol. The number of aromatic nitrogens is 2. The predicted octanol–water partition coefficient (Wildman–Crippen LogP) is 4.52. The minimum atomic E-state index is -0.695. The van der Waals surface area contributed by atoms with Gasteiger partial charge in [0.15, 0.2) is 0 Å². The van der Waals surface area contributed by atoms with Gasteiger partial charge in [-0.1, -0.05) is 44.2 Å². The number of carbonyl (C=O) groups is 1. The number of carbonyl (C=O) groups excluding carboxylic acids is 1. The molecule has 0 saturated heterocycles. The molecule has 3 heterocycles. The van der Waals surface area contributed by atoms with Gasteiger partial charge in [0.1, 0.15) is 11.5 Å². The lowest BCUT2D eigenvalue weighted by atomic mass is 9.86. The molecular weight excluding hydrogens is 468 g/mol. The highest BCUT2D eigenvalue weighted by atomic mass is 16.5. The van der Waals surface area contributed by atoms with Crippen molar-refractivity contribution >= 4 is 16.9 Å². The van der Waals surface area contributed by atoms with Crippen molar-refractivity contribution in [2.24, 2.45) is 5.92 Å². The van der Waals surface area contributed by atoms with Crippen LogP contribution in [0.5, 0.6) is 11.5 Å². The second-order valence-corrected chi connectivity index (χ2v) is 10.1. The van der Waals surface area contributed by atoms with Crippen LogP contribution in [0, 0.1) is 12.8 Å². The highest BCUT2D eigenvalue weighted by Gasteiger charge is 2.34. The SMILES string of the molecule is Cc1cc2c(c(=O)n1CCc1ccc(O)cc1)[C@H](c1cc3ccccc3n(CC(C)C)c1=O)CC(=O)O2. The summed E-state index contributed by atoms with van der Waals surface area (Å²) in [6.45, 7) is 6.86. The van der Waals surface area contributed by atoms with Gasteiger partial charge in [0.05, 0.1) is 17.5 Å². The number of hydrogen-bond acceptors (Lipinski definition) is 5. The Hall–Kier alpha value is -4.13. The fourth-order valence-electron chi connectivity index (χ4n) is 5.19. The number of para-hydroxylation sites is 1. The average Bonchev–Trinajstić information content (AvgIpc) is 2.85. The number of aromatic hydroxyl groups is 1. The van der Waals surface area contributed by atoms with E-state index in [2.05, 4.69) is 13.8 Å². The number of benzene rings is 2. The minimum Gasteiger partial charge on any atom is -0.508 e. The first kappa shape index (κ1) is 24.6. The van der Waals surface area contributed by atoms with Crippen molar-refractivity contribution in [3.05, 3.63) is 104 Å². The van der Waals surface area contributed by atoms with Crippen LogP contribution < -0.4 is 15.9 Å². The van der Waals surface area contributed by atoms with Gasteiger partial charge in [0.25, 0.3) is 11.1 Å². The van der Waals surface area contributed by atoms with Crippen LogP contribution in [0.3, 0.4) is 0 Å². The summed E-state index contributed by atoms with van der Waals surface area (Å²) >= 11 is 0. The molecule has 1 aliphatic rings. The molecule has 0 saturated carbocycles. The van der Waals surface area contributed by atoms with Gasteiger partial charge in [-0.15, -0.1) is 0 Å². The molecule has 37 heavy (non-hydrogen) atoms. The number of pyridine rings is 2. The van der Waals surface area contributed by atoms with E-state index < -0.39 is 11.9 Å². The van der Waals surface area contributed by atoms with E-state index in [9.17, 15) is 19.5 Å². The number of nitrogens with zero attached hydrogens (tertiary/aromatic N) is 2. The molecule has 2 aromatic heterocycles. The summed E-state index contributed by atoms with van der Waals surface area (Å²) in [7, 11) is 0. The topological polar surface area (TPSA) is 90.5 Å². The Kier molecular flexibility index (Phi) is 6.46. The van der Waals surface area contributed by atoms with Crippen molar-refractivity contribution in [2.75, 3.05) is 0 Å². The quantitative estimate of drug-likeness (QED) is 0.395. The summed E-state index contributed by atoms with van der Waals surface area (Å²) in [6, 6.07) is 18.1. The van der Waals surface area contributed by atoms with Gasteiger partial charge in [-0.2, -0.15) is 0 Å². The third-order valence-corrected chi connectivity index (χ3v) is 6.96. The second-order valence-electron chi connectivity index (χ2n) is 10.1. The molecular formula is C30H30N2O5. The van der Waals surface area contributed by atoms with Crippen LogP contribution in [0.1, 0.15) is 48.6 Å². The first-order chi connectivity index (χ1) is 17.7. The van der Waals surface area contributed by atoms with Crippen LogP contribution in [0.2, 0.25) is 0 Å². The molecule has 0 aliphatic carbocycles. The standard InChI is InChI=1S/C30H30N2O5/c1-18(2)17-32-25-7-5-4-6-21(25)15-24(29(32)35)23-16-27(34)37-26-14-19(3)31(30(36)28(23)26)13-12-20-8-10-22(33)11-9-20/h4-11,14-15,18,23,33H,12-13,16-17H2,1-3H3/t23-/m0/s1. The number of hydrogen-bond donors (Lipinski definition) is 1. The third kappa shape index (κ3) is 4.69. The van der Waals surface area contributed by atoms with Crippen molar-refractivity contribution < 1.29 is 14.6 Å². The zero-order valence-electron chi connectivity index (χ0n) is 21.2. The van der Waals surface area contributed by atoms with Crippen molar-refractivity contribution in [3.63, 3.8) is 0 Å². The van der Waals surface area contributed by atoms with Crippen molar-refractivity contribution in [3.8, 4) is 11.5 Å². The third-order valence-electron chi connectivity index (χ3n) is 6.96. The number of phenolic OH excluding ortho intramolecular Hbond substituents is 1. The minimum absolute atomic E-state index is 0.0709. The van der Waals surface area contributed by atoms with Crippen LogP contribution >= 0.6 is 0 Å². The number of aryl methyl sites for hydroxylation is 2. The van der Waals surface area contributed by atoms with Crippen molar-refractivity contribution in [2.45, 2.75) is 52.6 Å². The lowest BCUT2D eigenvalue weighted by Crippen LogP contribution is -2.36. The molecule has 4 aromatic rings. The molecule has 0 unspecified atom stereocenters. The highest BCUT2D eigenvalue weighted by molar-refractivity contribution is 5.81. The Bertz CT molecular complexity index is 1610. The number of rotatable bonds is 6. The lowest BCUT2D eigenvalue weighted by molar-refractivity contribution is -0.135. The van der Waals surface area contributed by atoms with E-state index >= 15 is 0 Å². The van der Waals surface area contributed by atoms with Crippen LogP contribution in [0.25, 0.3) is 10.9 Å². The molecule has 0 radical (unpaired) electrons. The van der Waals surface area contributed by atoms with Crippen LogP contribution in [-0.4, -0.2) is 20.2 Å². The normalized spacial score (nSPS) is 15.1. The lowest BCUT2D eigenvalue weighted by Gasteiger charge is -2.26. The van der Waals surface area contributed by atoms with Gasteiger partial charge in [-0.05, 0) is 54.5 Å². The average molecular weight is 499 g/mol. The Labute approximate surface area is 214 Å². The van der Waals surface area contributed by atoms with E-state index in [0.717, 1.165) is 16.5 Å². The van der Waals surface area contributed by atoms with Crippen molar-refractivity contribution in [1.29, 1.82) is 0 Å². The molecule has 0 spiro atoms. The zero-order chi connectivity index (χ0) is 26.3. The summed E-state index contributed by atoms with van der Waals surface area (Å²) < 4.78 is 8.94. The maximum absolute atomic E-state index is 13.9. The molecule has 0 bridgehead atoms. The fourth-order valence-corrected chi connectivity index (χ4v) is 5.19. The maximum Gasteiger partial charge on any atom is 0.312 e. The molecule has 0 amide bonds. The summed E-state index contributed by atoms with van der Waals surface area (Å²) in [5.41, 5.74) is 2.83. The first-order valence-corrected chi connectivity index (χ1v) is 12.6. The van der Waals surface area contributed by atoms with Gasteiger partial charge >= 0.3 is 5.97 Å². The Morgan fingerprint density at radius 2 is 1.70 bits per heavy atom. The molecule has 5 rings (SSSR count). The van der Waals surface area contributed by atoms with Gasteiger partial charge < -0.3 is 19.0 Å². The van der Waals surface area contributed by atoms with Crippen LogP contribution in [0.15, 0.2) is 70.3 Å². The molecule has 0 fully saturated rings. The summed E-state index contributed by atoms with van der Waals surface area (Å²) in [4.78, 5) is 40.3. The monoisotopic (exact) mass is 498 g/mol. The summed E-state index contributed by atoms with van der Waals surface area (Å²) in [5.74, 6) is -0.498.